The average Bonchev–Trinajstić information content (AvgIpc) is 3.28. The van der Waals surface area contributed by atoms with E-state index in [0.29, 0.717) is 17.8 Å². The first-order valence-electron chi connectivity index (χ1n) is 7.70. The van der Waals surface area contributed by atoms with Crippen LogP contribution in [0.25, 0.3) is 0 Å². The standard InChI is InChI=1S/C15H20N4/c16-10-6-11(19-15(17-10)7-1-2-7)18-14-12-8-3-4-9(5-8)13(12)14/h6-9,12-14H,1-5H2,(H3,16,17,18,19). The second-order valence-corrected chi connectivity index (χ2v) is 6.97. The Kier molecular flexibility index (Phi) is 1.88. The molecule has 4 nitrogen and oxygen atoms in total. The van der Waals surface area contributed by atoms with Crippen LogP contribution in [0.15, 0.2) is 6.07 Å². The Morgan fingerprint density at radius 3 is 2.47 bits per heavy atom. The Morgan fingerprint density at radius 2 is 1.79 bits per heavy atom. The summed E-state index contributed by atoms with van der Waals surface area (Å²) < 4.78 is 0. The second-order valence-electron chi connectivity index (χ2n) is 6.97. The van der Waals surface area contributed by atoms with Crippen LogP contribution < -0.4 is 11.1 Å². The van der Waals surface area contributed by atoms with E-state index in [0.717, 1.165) is 35.3 Å². The molecule has 4 unspecified atom stereocenters. The van der Waals surface area contributed by atoms with Gasteiger partial charge in [0.1, 0.15) is 17.5 Å². The number of hydrogen-bond acceptors (Lipinski definition) is 4. The fraction of sp³-hybridized carbons (Fsp3) is 0.733. The molecule has 19 heavy (non-hydrogen) atoms. The van der Waals surface area contributed by atoms with Gasteiger partial charge < -0.3 is 11.1 Å². The molecule has 4 atom stereocenters. The summed E-state index contributed by atoms with van der Waals surface area (Å²) >= 11 is 0. The quantitative estimate of drug-likeness (QED) is 0.871. The summed E-state index contributed by atoms with van der Waals surface area (Å²) in [5.41, 5.74) is 5.91. The minimum absolute atomic E-state index is 0.568. The van der Waals surface area contributed by atoms with Crippen molar-refractivity contribution in [3.63, 3.8) is 0 Å². The Balaban J connectivity index is 1.37. The van der Waals surface area contributed by atoms with Gasteiger partial charge >= 0.3 is 0 Å². The summed E-state index contributed by atoms with van der Waals surface area (Å²) in [4.78, 5) is 9.04. The smallest absolute Gasteiger partial charge is 0.136 e. The maximum atomic E-state index is 5.91. The number of nitrogens with one attached hydrogen (secondary N) is 1. The summed E-state index contributed by atoms with van der Waals surface area (Å²) in [6.45, 7) is 0. The highest BCUT2D eigenvalue weighted by molar-refractivity contribution is 5.48. The van der Waals surface area contributed by atoms with Gasteiger partial charge in [0.05, 0.1) is 0 Å². The van der Waals surface area contributed by atoms with Crippen LogP contribution in [-0.2, 0) is 0 Å². The number of anilines is 2. The highest BCUT2D eigenvalue weighted by Gasteiger charge is 2.65. The molecule has 0 aromatic carbocycles. The summed E-state index contributed by atoms with van der Waals surface area (Å²) in [6.07, 6.45) is 6.86. The highest BCUT2D eigenvalue weighted by Crippen LogP contribution is 2.66. The van der Waals surface area contributed by atoms with Gasteiger partial charge in [-0.25, -0.2) is 9.97 Å². The number of hydrogen-bond donors (Lipinski definition) is 2. The predicted molar refractivity (Wildman–Crippen MR) is 73.6 cm³/mol. The van der Waals surface area contributed by atoms with Crippen LogP contribution in [0, 0.1) is 23.7 Å². The molecule has 0 spiro atoms. The van der Waals surface area contributed by atoms with Gasteiger partial charge in [0, 0.05) is 18.0 Å². The van der Waals surface area contributed by atoms with Crippen molar-refractivity contribution >= 4 is 11.6 Å². The van der Waals surface area contributed by atoms with E-state index in [-0.39, 0.29) is 0 Å². The molecule has 1 aromatic heterocycles. The Labute approximate surface area is 113 Å². The third kappa shape index (κ3) is 1.52. The number of nitrogen functional groups attached to an aromatic ring is 1. The van der Waals surface area contributed by atoms with Crippen LogP contribution in [0.4, 0.5) is 11.6 Å². The van der Waals surface area contributed by atoms with Gasteiger partial charge in [-0.15, -0.1) is 0 Å². The maximum absolute atomic E-state index is 5.91. The molecule has 4 saturated carbocycles. The highest BCUT2D eigenvalue weighted by atomic mass is 15.1. The van der Waals surface area contributed by atoms with Crippen LogP contribution in [0.5, 0.6) is 0 Å². The first-order chi connectivity index (χ1) is 9.29. The van der Waals surface area contributed by atoms with Crippen molar-refractivity contribution in [3.8, 4) is 0 Å². The van der Waals surface area contributed by atoms with E-state index in [1.165, 1.54) is 32.1 Å². The molecule has 0 saturated heterocycles. The number of rotatable bonds is 3. The van der Waals surface area contributed by atoms with E-state index < -0.39 is 0 Å². The molecular formula is C15H20N4. The van der Waals surface area contributed by atoms with E-state index in [4.69, 9.17) is 5.73 Å². The van der Waals surface area contributed by atoms with Crippen molar-refractivity contribution in [2.75, 3.05) is 11.1 Å². The van der Waals surface area contributed by atoms with Crippen LogP contribution in [-0.4, -0.2) is 16.0 Å². The monoisotopic (exact) mass is 256 g/mol. The van der Waals surface area contributed by atoms with Crippen LogP contribution in [0.3, 0.4) is 0 Å². The molecule has 1 aromatic rings. The third-order valence-electron chi connectivity index (χ3n) is 5.76. The lowest BCUT2D eigenvalue weighted by Gasteiger charge is -2.12. The zero-order valence-electron chi connectivity index (χ0n) is 11.0. The van der Waals surface area contributed by atoms with E-state index in [1.54, 1.807) is 0 Å². The molecular weight excluding hydrogens is 236 g/mol. The first kappa shape index (κ1) is 10.5. The number of aromatic nitrogens is 2. The van der Waals surface area contributed by atoms with Crippen LogP contribution >= 0.6 is 0 Å². The van der Waals surface area contributed by atoms with Crippen molar-refractivity contribution in [3.05, 3.63) is 11.9 Å². The van der Waals surface area contributed by atoms with Crippen molar-refractivity contribution in [2.45, 2.75) is 44.1 Å². The van der Waals surface area contributed by atoms with Gasteiger partial charge in [0.25, 0.3) is 0 Å². The van der Waals surface area contributed by atoms with Crippen molar-refractivity contribution < 1.29 is 0 Å². The van der Waals surface area contributed by atoms with Gasteiger partial charge in [0.2, 0.25) is 0 Å². The minimum atomic E-state index is 0.568. The van der Waals surface area contributed by atoms with Gasteiger partial charge in [0.15, 0.2) is 0 Å². The number of nitrogens with zero attached hydrogens (tertiary/aromatic N) is 2. The number of fused-ring (bicyclic) bond motifs is 5. The van der Waals surface area contributed by atoms with Gasteiger partial charge in [-0.1, -0.05) is 0 Å². The normalized spacial score (nSPS) is 42.2. The molecule has 4 fully saturated rings. The summed E-state index contributed by atoms with van der Waals surface area (Å²) in [5.74, 6) is 6.96. The molecule has 2 bridgehead atoms. The summed E-state index contributed by atoms with van der Waals surface area (Å²) in [5, 5.41) is 3.65. The zero-order chi connectivity index (χ0) is 12.6. The Hall–Kier alpha value is -1.32. The van der Waals surface area contributed by atoms with Crippen LogP contribution in [0.2, 0.25) is 0 Å². The molecule has 4 aliphatic rings. The second kappa shape index (κ2) is 3.41. The van der Waals surface area contributed by atoms with Gasteiger partial charge in [-0.2, -0.15) is 0 Å². The topological polar surface area (TPSA) is 63.8 Å². The predicted octanol–water partition coefficient (Wildman–Crippen LogP) is 2.39. The molecule has 0 aliphatic heterocycles. The molecule has 0 amide bonds. The first-order valence-corrected chi connectivity index (χ1v) is 7.70. The molecule has 0 radical (unpaired) electrons. The zero-order valence-corrected chi connectivity index (χ0v) is 11.0. The fourth-order valence-corrected chi connectivity index (χ4v) is 4.77. The van der Waals surface area contributed by atoms with E-state index in [9.17, 15) is 0 Å². The van der Waals surface area contributed by atoms with E-state index >= 15 is 0 Å². The van der Waals surface area contributed by atoms with Crippen molar-refractivity contribution in [2.24, 2.45) is 23.7 Å². The lowest BCUT2D eigenvalue weighted by Crippen LogP contribution is -2.14. The molecule has 1 heterocycles. The van der Waals surface area contributed by atoms with E-state index in [2.05, 4.69) is 15.3 Å². The molecule has 100 valence electrons. The maximum Gasteiger partial charge on any atom is 0.136 e. The average molecular weight is 256 g/mol. The lowest BCUT2D eigenvalue weighted by atomic mass is 10.0. The third-order valence-corrected chi connectivity index (χ3v) is 5.76. The fourth-order valence-electron chi connectivity index (χ4n) is 4.77. The summed E-state index contributed by atoms with van der Waals surface area (Å²) in [7, 11) is 0. The largest absolute Gasteiger partial charge is 0.384 e. The van der Waals surface area contributed by atoms with Crippen molar-refractivity contribution in [1.82, 2.24) is 9.97 Å². The Morgan fingerprint density at radius 1 is 1.05 bits per heavy atom. The molecule has 4 heteroatoms. The molecule has 4 aliphatic carbocycles. The molecule has 5 rings (SSSR count). The van der Waals surface area contributed by atoms with Crippen LogP contribution in [0.1, 0.15) is 43.8 Å². The summed E-state index contributed by atoms with van der Waals surface area (Å²) in [6, 6.07) is 2.58. The van der Waals surface area contributed by atoms with Gasteiger partial charge in [-0.3, -0.25) is 0 Å². The molecule has 3 N–H and O–H groups in total. The van der Waals surface area contributed by atoms with Gasteiger partial charge in [-0.05, 0) is 55.8 Å². The van der Waals surface area contributed by atoms with E-state index in [1.807, 2.05) is 6.07 Å². The SMILES string of the molecule is Nc1cc(NC2C3C4CCC(C4)C23)nc(C2CC2)n1. The minimum Gasteiger partial charge on any atom is -0.384 e. The van der Waals surface area contributed by atoms with Crippen molar-refractivity contribution in [1.29, 1.82) is 0 Å². The number of nitrogens with two attached hydrogens (primary N) is 1. The lowest BCUT2D eigenvalue weighted by molar-refractivity contribution is 0.456. The Bertz CT molecular complexity index is 523.